The SMILES string of the molecule is CS[C@@H]1CCCC[C@@H]1NC(=O)c1cc2ccccc2c(=O)[nH]1. The highest BCUT2D eigenvalue weighted by molar-refractivity contribution is 7.99. The number of aromatic amines is 1. The van der Waals surface area contributed by atoms with Gasteiger partial charge < -0.3 is 10.3 Å². The Morgan fingerprint density at radius 1 is 1.27 bits per heavy atom. The summed E-state index contributed by atoms with van der Waals surface area (Å²) in [5, 5.41) is 4.96. The predicted octanol–water partition coefficient (Wildman–Crippen LogP) is 2.93. The van der Waals surface area contributed by atoms with Gasteiger partial charge in [0.1, 0.15) is 5.69 Å². The van der Waals surface area contributed by atoms with Crippen molar-refractivity contribution in [2.75, 3.05) is 6.26 Å². The van der Waals surface area contributed by atoms with Crippen LogP contribution in [0.4, 0.5) is 0 Å². The van der Waals surface area contributed by atoms with E-state index in [1.807, 2.05) is 30.0 Å². The highest BCUT2D eigenvalue weighted by Crippen LogP contribution is 2.27. The summed E-state index contributed by atoms with van der Waals surface area (Å²) in [5.41, 5.74) is 0.127. The number of thioether (sulfide) groups is 1. The van der Waals surface area contributed by atoms with Gasteiger partial charge in [0.25, 0.3) is 11.5 Å². The second-order valence-corrected chi connectivity index (χ2v) is 6.81. The third kappa shape index (κ3) is 3.04. The van der Waals surface area contributed by atoms with E-state index >= 15 is 0 Å². The van der Waals surface area contributed by atoms with Gasteiger partial charge in [0.15, 0.2) is 0 Å². The lowest BCUT2D eigenvalue weighted by Crippen LogP contribution is -2.44. The van der Waals surface area contributed by atoms with Crippen LogP contribution in [0.5, 0.6) is 0 Å². The number of carbonyl (C=O) groups excluding carboxylic acids is 1. The highest BCUT2D eigenvalue weighted by atomic mass is 32.2. The number of fused-ring (bicyclic) bond motifs is 1. The molecule has 1 saturated carbocycles. The summed E-state index contributed by atoms with van der Waals surface area (Å²) < 4.78 is 0. The molecule has 0 saturated heterocycles. The number of rotatable bonds is 3. The summed E-state index contributed by atoms with van der Waals surface area (Å²) in [4.78, 5) is 27.3. The van der Waals surface area contributed by atoms with Crippen molar-refractivity contribution < 1.29 is 4.79 Å². The van der Waals surface area contributed by atoms with Crippen LogP contribution in [0.2, 0.25) is 0 Å². The lowest BCUT2D eigenvalue weighted by Gasteiger charge is -2.30. The van der Waals surface area contributed by atoms with E-state index in [1.165, 1.54) is 6.42 Å². The molecule has 0 radical (unpaired) electrons. The Labute approximate surface area is 133 Å². The zero-order chi connectivity index (χ0) is 15.5. The molecular weight excluding hydrogens is 296 g/mol. The summed E-state index contributed by atoms with van der Waals surface area (Å²) in [5.74, 6) is -0.186. The number of nitrogens with one attached hydrogen (secondary N) is 2. The standard InChI is InChI=1S/C17H20N2O2S/c1-22-15-9-5-4-8-13(15)18-17(21)14-10-11-6-2-3-7-12(11)16(20)19-14/h2-3,6-7,10,13,15H,4-5,8-9H2,1H3,(H,18,21)(H,19,20)/t13-,15+/m0/s1. The zero-order valence-corrected chi connectivity index (χ0v) is 13.4. The van der Waals surface area contributed by atoms with Crippen LogP contribution < -0.4 is 10.9 Å². The number of pyridine rings is 1. The first-order valence-corrected chi connectivity index (χ1v) is 8.93. The molecule has 1 amide bonds. The van der Waals surface area contributed by atoms with E-state index in [2.05, 4.69) is 16.6 Å². The maximum atomic E-state index is 12.5. The fourth-order valence-electron chi connectivity index (χ4n) is 3.12. The molecule has 2 aromatic rings. The van der Waals surface area contributed by atoms with Crippen LogP contribution in [0.25, 0.3) is 10.8 Å². The van der Waals surface area contributed by atoms with Gasteiger partial charge in [0, 0.05) is 16.7 Å². The first-order chi connectivity index (χ1) is 10.7. The minimum absolute atomic E-state index is 0.186. The number of hydrogen-bond acceptors (Lipinski definition) is 3. The van der Waals surface area contributed by atoms with Gasteiger partial charge in [-0.2, -0.15) is 11.8 Å². The monoisotopic (exact) mass is 316 g/mol. The van der Waals surface area contributed by atoms with Gasteiger partial charge in [-0.3, -0.25) is 9.59 Å². The summed E-state index contributed by atoms with van der Waals surface area (Å²) in [7, 11) is 0. The Balaban J connectivity index is 1.84. The minimum Gasteiger partial charge on any atom is -0.347 e. The second-order valence-electron chi connectivity index (χ2n) is 5.74. The maximum absolute atomic E-state index is 12.5. The third-order valence-corrected chi connectivity index (χ3v) is 5.49. The lowest BCUT2D eigenvalue weighted by atomic mass is 9.94. The molecule has 3 rings (SSSR count). The molecule has 1 heterocycles. The van der Waals surface area contributed by atoms with E-state index in [9.17, 15) is 9.59 Å². The molecule has 5 heteroatoms. The van der Waals surface area contributed by atoms with E-state index in [1.54, 1.807) is 12.1 Å². The minimum atomic E-state index is -0.215. The van der Waals surface area contributed by atoms with Crippen molar-refractivity contribution in [3.05, 3.63) is 46.4 Å². The average molecular weight is 316 g/mol. The third-order valence-electron chi connectivity index (χ3n) is 4.32. The molecule has 1 aromatic heterocycles. The molecule has 2 atom stereocenters. The van der Waals surface area contributed by atoms with E-state index in [0.717, 1.165) is 24.6 Å². The first kappa shape index (κ1) is 15.2. The second kappa shape index (κ2) is 6.57. The quantitative estimate of drug-likeness (QED) is 0.915. The molecule has 0 aliphatic heterocycles. The van der Waals surface area contributed by atoms with Crippen molar-refractivity contribution in [1.29, 1.82) is 0 Å². The van der Waals surface area contributed by atoms with Crippen LogP contribution in [0, 0.1) is 0 Å². The van der Waals surface area contributed by atoms with Crippen molar-refractivity contribution in [1.82, 2.24) is 10.3 Å². The maximum Gasteiger partial charge on any atom is 0.268 e. The molecule has 1 aliphatic rings. The topological polar surface area (TPSA) is 62.0 Å². The van der Waals surface area contributed by atoms with Crippen LogP contribution in [0.15, 0.2) is 35.1 Å². The lowest BCUT2D eigenvalue weighted by molar-refractivity contribution is 0.0924. The molecule has 22 heavy (non-hydrogen) atoms. The molecule has 1 aromatic carbocycles. The number of H-pyrrole nitrogens is 1. The molecule has 4 nitrogen and oxygen atoms in total. The first-order valence-electron chi connectivity index (χ1n) is 7.65. The van der Waals surface area contributed by atoms with Crippen molar-refractivity contribution >= 4 is 28.4 Å². The number of hydrogen-bond donors (Lipinski definition) is 2. The Bertz CT molecular complexity index is 741. The summed E-state index contributed by atoms with van der Waals surface area (Å²) in [6, 6.07) is 9.25. The molecule has 0 spiro atoms. The Hall–Kier alpha value is -1.75. The largest absolute Gasteiger partial charge is 0.347 e. The van der Waals surface area contributed by atoms with Gasteiger partial charge in [0.2, 0.25) is 0 Å². The number of carbonyl (C=O) groups is 1. The van der Waals surface area contributed by atoms with Gasteiger partial charge in [0.05, 0.1) is 0 Å². The van der Waals surface area contributed by atoms with Crippen LogP contribution >= 0.6 is 11.8 Å². The number of aromatic nitrogens is 1. The summed E-state index contributed by atoms with van der Waals surface area (Å²) >= 11 is 1.81. The van der Waals surface area contributed by atoms with Crippen molar-refractivity contribution in [3.8, 4) is 0 Å². The predicted molar refractivity (Wildman–Crippen MR) is 91.6 cm³/mol. The van der Waals surface area contributed by atoms with Crippen molar-refractivity contribution in [3.63, 3.8) is 0 Å². The smallest absolute Gasteiger partial charge is 0.268 e. The molecule has 0 bridgehead atoms. The van der Waals surface area contributed by atoms with Crippen LogP contribution in [-0.4, -0.2) is 28.4 Å². The van der Waals surface area contributed by atoms with E-state index < -0.39 is 0 Å². The fourth-order valence-corrected chi connectivity index (χ4v) is 4.06. The molecule has 1 aliphatic carbocycles. The van der Waals surface area contributed by atoms with E-state index in [4.69, 9.17) is 0 Å². The van der Waals surface area contributed by atoms with Gasteiger partial charge in [-0.1, -0.05) is 31.0 Å². The van der Waals surface area contributed by atoms with Crippen molar-refractivity contribution in [2.24, 2.45) is 0 Å². The Morgan fingerprint density at radius 2 is 2.05 bits per heavy atom. The fraction of sp³-hybridized carbons (Fsp3) is 0.412. The molecule has 116 valence electrons. The van der Waals surface area contributed by atoms with Gasteiger partial charge in [-0.05, 0) is 36.6 Å². The number of benzene rings is 1. The molecule has 2 N–H and O–H groups in total. The zero-order valence-electron chi connectivity index (χ0n) is 12.6. The Kier molecular flexibility index (Phi) is 4.52. The Morgan fingerprint density at radius 3 is 2.86 bits per heavy atom. The normalized spacial score (nSPS) is 21.7. The highest BCUT2D eigenvalue weighted by Gasteiger charge is 2.26. The molecule has 1 fully saturated rings. The van der Waals surface area contributed by atoms with E-state index in [0.29, 0.717) is 16.3 Å². The van der Waals surface area contributed by atoms with Crippen LogP contribution in [0.3, 0.4) is 0 Å². The van der Waals surface area contributed by atoms with Crippen LogP contribution in [-0.2, 0) is 0 Å². The average Bonchev–Trinajstić information content (AvgIpc) is 2.55. The summed E-state index contributed by atoms with van der Waals surface area (Å²) in [6.07, 6.45) is 6.61. The molecule has 0 unspecified atom stereocenters. The number of amides is 1. The van der Waals surface area contributed by atoms with Gasteiger partial charge in [-0.15, -0.1) is 0 Å². The van der Waals surface area contributed by atoms with Gasteiger partial charge >= 0.3 is 0 Å². The van der Waals surface area contributed by atoms with Gasteiger partial charge in [-0.25, -0.2) is 0 Å². The van der Waals surface area contributed by atoms with E-state index in [-0.39, 0.29) is 17.5 Å². The van der Waals surface area contributed by atoms with Crippen molar-refractivity contribution in [2.45, 2.75) is 37.0 Å². The molecular formula is C17H20N2O2S. The van der Waals surface area contributed by atoms with Crippen LogP contribution in [0.1, 0.15) is 36.2 Å². The summed E-state index contributed by atoms with van der Waals surface area (Å²) in [6.45, 7) is 0.